The molecule has 1 fully saturated rings. The third kappa shape index (κ3) is 4.17. The van der Waals surface area contributed by atoms with Crippen LogP contribution in [0.1, 0.15) is 37.2 Å². The number of hydrogen-bond donors (Lipinski definition) is 2. The predicted octanol–water partition coefficient (Wildman–Crippen LogP) is 0.643. The largest absolute Gasteiger partial charge is 0.339 e. The zero-order valence-electron chi connectivity index (χ0n) is 11.0. The highest BCUT2D eigenvalue weighted by molar-refractivity contribution is 6.03. The van der Waals surface area contributed by atoms with Crippen molar-refractivity contribution < 1.29 is 14.4 Å². The SMILES string of the molecule is CC.O=C1CCC(NC(=O)c2ccccn2)C(=O)N1. The molecule has 1 aliphatic rings. The van der Waals surface area contributed by atoms with E-state index in [-0.39, 0.29) is 18.0 Å². The zero-order chi connectivity index (χ0) is 14.3. The Kier molecular flexibility index (Phi) is 5.66. The number of amides is 3. The van der Waals surface area contributed by atoms with Crippen molar-refractivity contribution in [1.82, 2.24) is 15.6 Å². The molecular weight excluding hydrogens is 246 g/mol. The molecule has 2 heterocycles. The van der Waals surface area contributed by atoms with E-state index in [1.165, 1.54) is 6.20 Å². The average Bonchev–Trinajstić information content (AvgIpc) is 2.45. The summed E-state index contributed by atoms with van der Waals surface area (Å²) in [5.41, 5.74) is 0.247. The Morgan fingerprint density at radius 1 is 1.37 bits per heavy atom. The molecule has 0 bridgehead atoms. The van der Waals surface area contributed by atoms with Gasteiger partial charge in [0.15, 0.2) is 0 Å². The van der Waals surface area contributed by atoms with Gasteiger partial charge in [-0.2, -0.15) is 0 Å². The summed E-state index contributed by atoms with van der Waals surface area (Å²) in [6.45, 7) is 4.00. The molecule has 1 aromatic heterocycles. The van der Waals surface area contributed by atoms with Gasteiger partial charge in [-0.3, -0.25) is 24.7 Å². The summed E-state index contributed by atoms with van der Waals surface area (Å²) in [4.78, 5) is 37.9. The maximum Gasteiger partial charge on any atom is 0.270 e. The third-order valence-corrected chi connectivity index (χ3v) is 2.44. The number of carbonyl (C=O) groups excluding carboxylic acids is 3. The lowest BCUT2D eigenvalue weighted by molar-refractivity contribution is -0.134. The highest BCUT2D eigenvalue weighted by Gasteiger charge is 2.28. The Morgan fingerprint density at radius 2 is 2.11 bits per heavy atom. The molecule has 1 aromatic rings. The summed E-state index contributed by atoms with van der Waals surface area (Å²) in [7, 11) is 0. The van der Waals surface area contributed by atoms with Gasteiger partial charge in [-0.15, -0.1) is 0 Å². The van der Waals surface area contributed by atoms with Crippen molar-refractivity contribution in [3.05, 3.63) is 30.1 Å². The Morgan fingerprint density at radius 3 is 2.68 bits per heavy atom. The number of nitrogens with zero attached hydrogens (tertiary/aromatic N) is 1. The zero-order valence-corrected chi connectivity index (χ0v) is 11.0. The van der Waals surface area contributed by atoms with Crippen molar-refractivity contribution in [2.75, 3.05) is 0 Å². The van der Waals surface area contributed by atoms with E-state index in [1.54, 1.807) is 18.2 Å². The molecule has 2 N–H and O–H groups in total. The van der Waals surface area contributed by atoms with Gasteiger partial charge in [-0.25, -0.2) is 0 Å². The highest BCUT2D eigenvalue weighted by atomic mass is 16.2. The van der Waals surface area contributed by atoms with Crippen LogP contribution in [0, 0.1) is 0 Å². The van der Waals surface area contributed by atoms with E-state index in [9.17, 15) is 14.4 Å². The Hall–Kier alpha value is -2.24. The van der Waals surface area contributed by atoms with Crippen LogP contribution in [0.4, 0.5) is 0 Å². The molecule has 6 heteroatoms. The van der Waals surface area contributed by atoms with E-state index in [2.05, 4.69) is 15.6 Å². The predicted molar refractivity (Wildman–Crippen MR) is 69.2 cm³/mol. The highest BCUT2D eigenvalue weighted by Crippen LogP contribution is 2.05. The van der Waals surface area contributed by atoms with E-state index >= 15 is 0 Å². The number of aromatic nitrogens is 1. The van der Waals surface area contributed by atoms with Crippen molar-refractivity contribution in [2.45, 2.75) is 32.7 Å². The van der Waals surface area contributed by atoms with Gasteiger partial charge in [-0.1, -0.05) is 19.9 Å². The number of nitrogens with one attached hydrogen (secondary N) is 2. The van der Waals surface area contributed by atoms with Crippen molar-refractivity contribution in [3.8, 4) is 0 Å². The molecule has 6 nitrogen and oxygen atoms in total. The van der Waals surface area contributed by atoms with Gasteiger partial charge < -0.3 is 5.32 Å². The molecule has 0 aliphatic carbocycles. The number of carbonyl (C=O) groups is 3. The molecule has 102 valence electrons. The summed E-state index contributed by atoms with van der Waals surface area (Å²) in [5, 5.41) is 4.71. The molecule has 0 spiro atoms. The first-order valence-electron chi connectivity index (χ1n) is 6.22. The summed E-state index contributed by atoms with van der Waals surface area (Å²) in [6.07, 6.45) is 2.06. The third-order valence-electron chi connectivity index (χ3n) is 2.44. The van der Waals surface area contributed by atoms with Gasteiger partial charge in [0.25, 0.3) is 5.91 Å². The van der Waals surface area contributed by atoms with Crippen molar-refractivity contribution in [3.63, 3.8) is 0 Å². The van der Waals surface area contributed by atoms with Gasteiger partial charge in [0.1, 0.15) is 11.7 Å². The molecule has 0 saturated carbocycles. The lowest BCUT2D eigenvalue weighted by atomic mass is 10.1. The maximum atomic E-state index is 11.7. The van der Waals surface area contributed by atoms with Crippen LogP contribution in [0.5, 0.6) is 0 Å². The first-order valence-corrected chi connectivity index (χ1v) is 6.22. The fourth-order valence-corrected chi connectivity index (χ4v) is 1.56. The number of imide groups is 1. The van der Waals surface area contributed by atoms with Crippen molar-refractivity contribution in [2.24, 2.45) is 0 Å². The number of piperidine rings is 1. The number of hydrogen-bond acceptors (Lipinski definition) is 4. The molecule has 1 aliphatic heterocycles. The van der Waals surface area contributed by atoms with E-state index < -0.39 is 17.9 Å². The van der Waals surface area contributed by atoms with Crippen LogP contribution in [0.2, 0.25) is 0 Å². The monoisotopic (exact) mass is 263 g/mol. The number of pyridine rings is 1. The van der Waals surface area contributed by atoms with Gasteiger partial charge >= 0.3 is 0 Å². The first kappa shape index (κ1) is 14.8. The van der Waals surface area contributed by atoms with Crippen LogP contribution >= 0.6 is 0 Å². The van der Waals surface area contributed by atoms with Crippen LogP contribution in [0.25, 0.3) is 0 Å². The second-order valence-corrected chi connectivity index (χ2v) is 3.69. The minimum atomic E-state index is -0.665. The lowest BCUT2D eigenvalue weighted by Crippen LogP contribution is -2.52. The van der Waals surface area contributed by atoms with E-state index in [4.69, 9.17) is 0 Å². The molecule has 0 aromatic carbocycles. The van der Waals surface area contributed by atoms with E-state index in [0.29, 0.717) is 6.42 Å². The average molecular weight is 263 g/mol. The van der Waals surface area contributed by atoms with Crippen molar-refractivity contribution >= 4 is 17.7 Å². The molecule has 2 rings (SSSR count). The van der Waals surface area contributed by atoms with Crippen LogP contribution < -0.4 is 10.6 Å². The maximum absolute atomic E-state index is 11.7. The van der Waals surface area contributed by atoms with Crippen LogP contribution in [-0.2, 0) is 9.59 Å². The topological polar surface area (TPSA) is 88.2 Å². The first-order chi connectivity index (χ1) is 9.16. The second kappa shape index (κ2) is 7.25. The molecular formula is C13H17N3O3. The Labute approximate surface area is 111 Å². The van der Waals surface area contributed by atoms with E-state index in [0.717, 1.165) is 0 Å². The molecule has 1 unspecified atom stereocenters. The normalized spacial score (nSPS) is 17.9. The minimum absolute atomic E-state index is 0.235. The van der Waals surface area contributed by atoms with Crippen molar-refractivity contribution in [1.29, 1.82) is 0 Å². The minimum Gasteiger partial charge on any atom is -0.339 e. The summed E-state index contributed by atoms with van der Waals surface area (Å²) >= 11 is 0. The second-order valence-electron chi connectivity index (χ2n) is 3.69. The van der Waals surface area contributed by atoms with Crippen LogP contribution in [-0.4, -0.2) is 28.7 Å². The van der Waals surface area contributed by atoms with Crippen LogP contribution in [0.15, 0.2) is 24.4 Å². The fourth-order valence-electron chi connectivity index (χ4n) is 1.56. The summed E-state index contributed by atoms with van der Waals surface area (Å²) < 4.78 is 0. The standard InChI is InChI=1S/C11H11N3O3.C2H6/c15-9-5-4-8(11(17)14-9)13-10(16)7-3-1-2-6-12-7;1-2/h1-3,6,8H,4-5H2,(H,13,16)(H,14,15,17);1-2H3. The van der Waals surface area contributed by atoms with Gasteiger partial charge in [0.2, 0.25) is 11.8 Å². The quantitative estimate of drug-likeness (QED) is 0.766. The molecule has 0 radical (unpaired) electrons. The molecule has 3 amide bonds. The van der Waals surface area contributed by atoms with Gasteiger partial charge in [0.05, 0.1) is 0 Å². The van der Waals surface area contributed by atoms with Crippen LogP contribution in [0.3, 0.4) is 0 Å². The van der Waals surface area contributed by atoms with E-state index in [1.807, 2.05) is 13.8 Å². The summed E-state index contributed by atoms with van der Waals surface area (Å²) in [6, 6.07) is 4.28. The van der Waals surface area contributed by atoms with Gasteiger partial charge in [-0.05, 0) is 18.6 Å². The number of rotatable bonds is 2. The Bertz CT molecular complexity index is 459. The summed E-state index contributed by atoms with van der Waals surface area (Å²) in [5.74, 6) is -1.19. The fraction of sp³-hybridized carbons (Fsp3) is 0.385. The molecule has 19 heavy (non-hydrogen) atoms. The molecule has 1 atom stereocenters. The lowest BCUT2D eigenvalue weighted by Gasteiger charge is -2.21. The smallest absolute Gasteiger partial charge is 0.270 e. The Balaban J connectivity index is 0.000000861. The van der Waals surface area contributed by atoms with Gasteiger partial charge in [0, 0.05) is 12.6 Å². The molecule has 1 saturated heterocycles.